The molecule has 0 bridgehead atoms. The molecular formula is C18H21ClO3. The van der Waals surface area contributed by atoms with Crippen molar-refractivity contribution in [2.75, 3.05) is 19.8 Å². The summed E-state index contributed by atoms with van der Waals surface area (Å²) in [5.74, 6) is 2.31. The fourth-order valence-corrected chi connectivity index (χ4v) is 2.16. The summed E-state index contributed by atoms with van der Waals surface area (Å²) >= 11 is 6.03. The second-order valence-corrected chi connectivity index (χ2v) is 5.12. The molecule has 118 valence electrons. The molecule has 0 spiro atoms. The Bertz CT molecular complexity index is 572. The van der Waals surface area contributed by atoms with Gasteiger partial charge >= 0.3 is 0 Å². The largest absolute Gasteiger partial charge is 0.492 e. The minimum atomic E-state index is 0.625. The number of halogens is 1. The Labute approximate surface area is 136 Å². The van der Waals surface area contributed by atoms with Crippen LogP contribution in [0, 0.1) is 0 Å². The van der Waals surface area contributed by atoms with Gasteiger partial charge in [0.1, 0.15) is 5.75 Å². The summed E-state index contributed by atoms with van der Waals surface area (Å²) in [4.78, 5) is 0. The zero-order chi connectivity index (χ0) is 15.6. The molecule has 0 N–H and O–H groups in total. The van der Waals surface area contributed by atoms with Gasteiger partial charge < -0.3 is 14.2 Å². The zero-order valence-corrected chi connectivity index (χ0v) is 13.5. The quantitative estimate of drug-likeness (QED) is 0.610. The number of ether oxygens (including phenoxy) is 3. The molecular weight excluding hydrogens is 300 g/mol. The van der Waals surface area contributed by atoms with Crippen molar-refractivity contribution < 1.29 is 14.2 Å². The van der Waals surface area contributed by atoms with Gasteiger partial charge in [0, 0.05) is 0 Å². The molecule has 0 heterocycles. The molecule has 0 atom stereocenters. The van der Waals surface area contributed by atoms with E-state index in [1.165, 1.54) is 0 Å². The van der Waals surface area contributed by atoms with Crippen LogP contribution in [0.2, 0.25) is 5.02 Å². The van der Waals surface area contributed by atoms with E-state index in [4.69, 9.17) is 25.8 Å². The molecule has 0 aliphatic carbocycles. The zero-order valence-electron chi connectivity index (χ0n) is 12.8. The lowest BCUT2D eigenvalue weighted by molar-refractivity contribution is 0.252. The number of para-hydroxylation sites is 3. The maximum absolute atomic E-state index is 6.03. The fourth-order valence-electron chi connectivity index (χ4n) is 1.97. The van der Waals surface area contributed by atoms with Crippen LogP contribution in [0.15, 0.2) is 48.5 Å². The average Bonchev–Trinajstić information content (AvgIpc) is 2.54. The molecule has 0 saturated heterocycles. The third kappa shape index (κ3) is 5.15. The molecule has 0 radical (unpaired) electrons. The first-order chi connectivity index (χ1) is 10.8. The normalized spacial score (nSPS) is 10.3. The van der Waals surface area contributed by atoms with Gasteiger partial charge in [0.05, 0.1) is 24.8 Å². The van der Waals surface area contributed by atoms with Crippen molar-refractivity contribution in [2.24, 2.45) is 0 Å². The van der Waals surface area contributed by atoms with E-state index in [9.17, 15) is 0 Å². The van der Waals surface area contributed by atoms with E-state index in [-0.39, 0.29) is 0 Å². The van der Waals surface area contributed by atoms with Crippen molar-refractivity contribution in [3.05, 3.63) is 53.6 Å². The molecule has 0 amide bonds. The Morgan fingerprint density at radius 2 is 1.23 bits per heavy atom. The first-order valence-electron chi connectivity index (χ1n) is 7.53. The molecule has 2 aromatic carbocycles. The second-order valence-electron chi connectivity index (χ2n) is 4.71. The van der Waals surface area contributed by atoms with Gasteiger partial charge in [-0.15, -0.1) is 0 Å². The minimum Gasteiger partial charge on any atom is -0.492 e. The first kappa shape index (κ1) is 16.5. The Hall–Kier alpha value is -1.87. The van der Waals surface area contributed by atoms with Crippen molar-refractivity contribution in [3.63, 3.8) is 0 Å². The van der Waals surface area contributed by atoms with E-state index < -0.39 is 0 Å². The van der Waals surface area contributed by atoms with Gasteiger partial charge in [-0.05, 0) is 44.0 Å². The molecule has 4 heteroatoms. The average molecular weight is 321 g/mol. The SMILES string of the molecule is CCOc1ccccc1OCCCCOc1ccccc1Cl. The van der Waals surface area contributed by atoms with Crippen LogP contribution in [-0.2, 0) is 0 Å². The monoisotopic (exact) mass is 320 g/mol. The van der Waals surface area contributed by atoms with Gasteiger partial charge in [-0.25, -0.2) is 0 Å². The second kappa shape index (κ2) is 9.21. The summed E-state index contributed by atoms with van der Waals surface area (Å²) in [6, 6.07) is 15.2. The Morgan fingerprint density at radius 3 is 1.82 bits per heavy atom. The third-order valence-corrected chi connectivity index (χ3v) is 3.35. The van der Waals surface area contributed by atoms with Gasteiger partial charge in [-0.2, -0.15) is 0 Å². The molecule has 0 unspecified atom stereocenters. The molecule has 0 saturated carbocycles. The smallest absolute Gasteiger partial charge is 0.161 e. The van der Waals surface area contributed by atoms with E-state index >= 15 is 0 Å². The van der Waals surface area contributed by atoms with E-state index in [1.807, 2.05) is 55.5 Å². The predicted octanol–water partition coefficient (Wildman–Crippen LogP) is 4.98. The lowest BCUT2D eigenvalue weighted by atomic mass is 10.3. The van der Waals surface area contributed by atoms with Crippen molar-refractivity contribution in [3.8, 4) is 17.2 Å². The molecule has 0 aromatic heterocycles. The summed E-state index contributed by atoms with van der Waals surface area (Å²) in [5, 5.41) is 0.643. The summed E-state index contributed by atoms with van der Waals surface area (Å²) < 4.78 is 16.9. The van der Waals surface area contributed by atoms with Crippen molar-refractivity contribution >= 4 is 11.6 Å². The number of hydrogen-bond acceptors (Lipinski definition) is 3. The van der Waals surface area contributed by atoms with Gasteiger partial charge in [0.2, 0.25) is 0 Å². The summed E-state index contributed by atoms with van der Waals surface area (Å²) in [6.07, 6.45) is 1.81. The van der Waals surface area contributed by atoms with Crippen molar-refractivity contribution in [1.29, 1.82) is 0 Å². The number of hydrogen-bond donors (Lipinski definition) is 0. The number of unbranched alkanes of at least 4 members (excludes halogenated alkanes) is 1. The molecule has 0 aliphatic rings. The van der Waals surface area contributed by atoms with Crippen LogP contribution in [-0.4, -0.2) is 19.8 Å². The highest BCUT2D eigenvalue weighted by atomic mass is 35.5. The Balaban J connectivity index is 1.66. The predicted molar refractivity (Wildman–Crippen MR) is 89.3 cm³/mol. The molecule has 0 aliphatic heterocycles. The van der Waals surface area contributed by atoms with Gasteiger partial charge in [0.15, 0.2) is 11.5 Å². The highest BCUT2D eigenvalue weighted by Crippen LogP contribution is 2.26. The molecule has 3 nitrogen and oxygen atoms in total. The maximum atomic E-state index is 6.03. The van der Waals surface area contributed by atoms with Crippen LogP contribution in [0.25, 0.3) is 0 Å². The summed E-state index contributed by atoms with van der Waals surface area (Å²) in [7, 11) is 0. The van der Waals surface area contributed by atoms with E-state index in [2.05, 4.69) is 0 Å². The van der Waals surface area contributed by atoms with Crippen molar-refractivity contribution in [2.45, 2.75) is 19.8 Å². The van der Waals surface area contributed by atoms with Crippen LogP contribution in [0.1, 0.15) is 19.8 Å². The van der Waals surface area contributed by atoms with Gasteiger partial charge in [-0.3, -0.25) is 0 Å². The van der Waals surface area contributed by atoms with Crippen LogP contribution in [0.5, 0.6) is 17.2 Å². The third-order valence-electron chi connectivity index (χ3n) is 3.04. The molecule has 22 heavy (non-hydrogen) atoms. The number of benzene rings is 2. The first-order valence-corrected chi connectivity index (χ1v) is 7.91. The summed E-state index contributed by atoms with van der Waals surface area (Å²) in [5.41, 5.74) is 0. The van der Waals surface area contributed by atoms with Gasteiger partial charge in [-0.1, -0.05) is 35.9 Å². The minimum absolute atomic E-state index is 0.625. The number of rotatable bonds is 9. The van der Waals surface area contributed by atoms with Crippen LogP contribution in [0.3, 0.4) is 0 Å². The Kier molecular flexibility index (Phi) is 6.91. The van der Waals surface area contributed by atoms with Crippen LogP contribution in [0.4, 0.5) is 0 Å². The van der Waals surface area contributed by atoms with E-state index in [1.54, 1.807) is 0 Å². The molecule has 2 aromatic rings. The Morgan fingerprint density at radius 1 is 0.727 bits per heavy atom. The topological polar surface area (TPSA) is 27.7 Å². The van der Waals surface area contributed by atoms with Gasteiger partial charge in [0.25, 0.3) is 0 Å². The van der Waals surface area contributed by atoms with Crippen LogP contribution < -0.4 is 14.2 Å². The standard InChI is InChI=1S/C18H21ClO3/c1-2-20-17-11-5-6-12-18(17)22-14-8-7-13-21-16-10-4-3-9-15(16)19/h3-6,9-12H,2,7-8,13-14H2,1H3. The highest BCUT2D eigenvalue weighted by molar-refractivity contribution is 6.32. The lowest BCUT2D eigenvalue weighted by Crippen LogP contribution is -2.04. The molecule has 0 fully saturated rings. The van der Waals surface area contributed by atoms with Crippen LogP contribution >= 0.6 is 11.6 Å². The summed E-state index contributed by atoms with van der Waals surface area (Å²) in [6.45, 7) is 3.85. The lowest BCUT2D eigenvalue weighted by Gasteiger charge is -2.11. The van der Waals surface area contributed by atoms with E-state index in [0.29, 0.717) is 24.8 Å². The van der Waals surface area contributed by atoms with Crippen molar-refractivity contribution in [1.82, 2.24) is 0 Å². The molecule has 2 rings (SSSR count). The highest BCUT2D eigenvalue weighted by Gasteiger charge is 2.03. The van der Waals surface area contributed by atoms with E-state index in [0.717, 1.165) is 30.1 Å². The fraction of sp³-hybridized carbons (Fsp3) is 0.333. The maximum Gasteiger partial charge on any atom is 0.161 e.